The van der Waals surface area contributed by atoms with Gasteiger partial charge in [-0.05, 0) is 11.4 Å². The first-order chi connectivity index (χ1) is 4.43. The van der Waals surface area contributed by atoms with Crippen LogP contribution in [0, 0.1) is 12.0 Å². The Morgan fingerprint density at radius 3 is 3.11 bits per heavy atom. The van der Waals surface area contributed by atoms with E-state index in [9.17, 15) is 0 Å². The van der Waals surface area contributed by atoms with Crippen molar-refractivity contribution in [2.75, 3.05) is 0 Å². The zero-order valence-corrected chi connectivity index (χ0v) is 5.61. The van der Waals surface area contributed by atoms with Crippen molar-refractivity contribution in [2.45, 2.75) is 6.42 Å². The van der Waals surface area contributed by atoms with Crippen LogP contribution in [-0.2, 0) is 6.42 Å². The maximum absolute atomic E-state index is 8.11. The van der Waals surface area contributed by atoms with Gasteiger partial charge >= 0.3 is 0 Å². The molecule has 0 unspecified atom stereocenters. The van der Waals surface area contributed by atoms with Crippen molar-refractivity contribution >= 4 is 11.3 Å². The average Bonchev–Trinajstić information content (AvgIpc) is 2.34. The van der Waals surface area contributed by atoms with Gasteiger partial charge < -0.3 is 5.11 Å². The minimum Gasteiger partial charge on any atom is -0.462 e. The summed E-state index contributed by atoms with van der Waals surface area (Å²) in [5.41, 5.74) is 0. The summed E-state index contributed by atoms with van der Waals surface area (Å²) in [6.07, 6.45) is 2.52. The Morgan fingerprint density at radius 1 is 1.67 bits per heavy atom. The number of rotatable bonds is 1. The molecule has 9 heavy (non-hydrogen) atoms. The zero-order chi connectivity index (χ0) is 6.53. The van der Waals surface area contributed by atoms with Gasteiger partial charge in [-0.2, -0.15) is 0 Å². The van der Waals surface area contributed by atoms with Gasteiger partial charge in [-0.15, -0.1) is 11.3 Å². The molecule has 0 aromatic carbocycles. The summed E-state index contributed by atoms with van der Waals surface area (Å²) >= 11 is 1.65. The van der Waals surface area contributed by atoms with Crippen molar-refractivity contribution in [3.63, 3.8) is 0 Å². The van der Waals surface area contributed by atoms with Gasteiger partial charge in [0.25, 0.3) is 0 Å². The predicted molar refractivity (Wildman–Crippen MR) is 37.7 cm³/mol. The lowest BCUT2D eigenvalue weighted by Gasteiger charge is -1.79. The van der Waals surface area contributed by atoms with E-state index < -0.39 is 0 Å². The maximum atomic E-state index is 8.11. The van der Waals surface area contributed by atoms with Crippen molar-refractivity contribution in [3.8, 4) is 12.0 Å². The van der Waals surface area contributed by atoms with Crippen LogP contribution in [0.25, 0.3) is 0 Å². The number of aliphatic hydroxyl groups excluding tert-OH is 1. The highest BCUT2D eigenvalue weighted by Crippen LogP contribution is 2.07. The molecule has 1 N–H and O–H groups in total. The predicted octanol–water partition coefficient (Wildman–Crippen LogP) is 1.62. The van der Waals surface area contributed by atoms with E-state index in [1.54, 1.807) is 11.3 Å². The van der Waals surface area contributed by atoms with E-state index >= 15 is 0 Å². The molecule has 0 fully saturated rings. The number of hydrogen-bond acceptors (Lipinski definition) is 2. The molecule has 46 valence electrons. The van der Waals surface area contributed by atoms with Gasteiger partial charge in [0.2, 0.25) is 0 Å². The van der Waals surface area contributed by atoms with E-state index in [-0.39, 0.29) is 0 Å². The lowest BCUT2D eigenvalue weighted by Crippen LogP contribution is -1.70. The Kier molecular flexibility index (Phi) is 2.17. The van der Waals surface area contributed by atoms with E-state index in [0.29, 0.717) is 6.42 Å². The SMILES string of the molecule is OC#CCc1cccs1. The number of thiophene rings is 1. The summed E-state index contributed by atoms with van der Waals surface area (Å²) in [4.78, 5) is 1.19. The molecule has 0 amide bonds. The van der Waals surface area contributed by atoms with Crippen LogP contribution in [-0.4, -0.2) is 5.11 Å². The van der Waals surface area contributed by atoms with Gasteiger partial charge in [-0.1, -0.05) is 12.0 Å². The molecule has 2 heteroatoms. The van der Waals surface area contributed by atoms with E-state index in [2.05, 4.69) is 5.92 Å². The summed E-state index contributed by atoms with van der Waals surface area (Å²) in [5.74, 6) is 2.57. The van der Waals surface area contributed by atoms with Gasteiger partial charge in [0.1, 0.15) is 6.11 Å². The fourth-order valence-electron chi connectivity index (χ4n) is 0.540. The molecule has 1 heterocycles. The van der Waals surface area contributed by atoms with E-state index in [0.717, 1.165) is 0 Å². The first-order valence-electron chi connectivity index (χ1n) is 2.58. The van der Waals surface area contributed by atoms with Crippen LogP contribution in [0.15, 0.2) is 17.5 Å². The van der Waals surface area contributed by atoms with Crippen LogP contribution in [0.2, 0.25) is 0 Å². The Balaban J connectivity index is 2.54. The lowest BCUT2D eigenvalue weighted by atomic mass is 10.4. The van der Waals surface area contributed by atoms with Crippen LogP contribution in [0.4, 0.5) is 0 Å². The summed E-state index contributed by atoms with van der Waals surface area (Å²) < 4.78 is 0. The largest absolute Gasteiger partial charge is 0.462 e. The van der Waals surface area contributed by atoms with E-state index in [1.165, 1.54) is 4.88 Å². The lowest BCUT2D eigenvalue weighted by molar-refractivity contribution is 0.516. The fourth-order valence-corrected chi connectivity index (χ4v) is 1.18. The highest BCUT2D eigenvalue weighted by molar-refractivity contribution is 7.09. The molecule has 1 aromatic rings. The summed E-state index contributed by atoms with van der Waals surface area (Å²) in [6, 6.07) is 3.97. The molecule has 0 bridgehead atoms. The minimum atomic E-state index is 0.661. The van der Waals surface area contributed by atoms with Gasteiger partial charge in [-0.3, -0.25) is 0 Å². The Hall–Kier alpha value is -0.940. The Bertz CT molecular complexity index is 215. The van der Waals surface area contributed by atoms with Crippen LogP contribution in [0.5, 0.6) is 0 Å². The number of aliphatic hydroxyl groups is 1. The Morgan fingerprint density at radius 2 is 2.56 bits per heavy atom. The molecule has 0 aliphatic rings. The maximum Gasteiger partial charge on any atom is 0.107 e. The second-order valence-corrected chi connectivity index (χ2v) is 2.58. The quantitative estimate of drug-likeness (QED) is 0.585. The van der Waals surface area contributed by atoms with Crippen molar-refractivity contribution in [3.05, 3.63) is 22.4 Å². The smallest absolute Gasteiger partial charge is 0.107 e. The van der Waals surface area contributed by atoms with Gasteiger partial charge in [-0.25, -0.2) is 0 Å². The monoisotopic (exact) mass is 138 g/mol. The normalized spacial score (nSPS) is 8.00. The van der Waals surface area contributed by atoms with E-state index in [1.807, 2.05) is 23.6 Å². The van der Waals surface area contributed by atoms with Gasteiger partial charge in [0.05, 0.1) is 0 Å². The molecule has 0 atom stereocenters. The highest BCUT2D eigenvalue weighted by Gasteiger charge is 1.86. The molecule has 0 radical (unpaired) electrons. The fraction of sp³-hybridized carbons (Fsp3) is 0.143. The topological polar surface area (TPSA) is 20.2 Å². The molecule has 1 nitrogen and oxygen atoms in total. The molecule has 1 aromatic heterocycles. The van der Waals surface area contributed by atoms with E-state index in [4.69, 9.17) is 5.11 Å². The minimum absolute atomic E-state index is 0.661. The molecular formula is C7H6OS. The van der Waals surface area contributed by atoms with Crippen LogP contribution < -0.4 is 0 Å². The molecular weight excluding hydrogens is 132 g/mol. The van der Waals surface area contributed by atoms with Crippen molar-refractivity contribution < 1.29 is 5.11 Å². The molecule has 0 aliphatic heterocycles. The summed E-state index contributed by atoms with van der Waals surface area (Å²) in [7, 11) is 0. The third-order valence-electron chi connectivity index (χ3n) is 0.922. The Labute approximate surface area is 58.0 Å². The first-order valence-corrected chi connectivity index (χ1v) is 3.46. The molecule has 0 saturated carbocycles. The van der Waals surface area contributed by atoms with Crippen molar-refractivity contribution in [2.24, 2.45) is 0 Å². The van der Waals surface area contributed by atoms with Crippen LogP contribution >= 0.6 is 11.3 Å². The standard InChI is InChI=1S/C7H6OS/c8-5-1-3-7-4-2-6-9-7/h2,4,6,8H,3H2. The molecule has 0 spiro atoms. The second-order valence-electron chi connectivity index (χ2n) is 1.54. The van der Waals surface area contributed by atoms with Crippen LogP contribution in [0.3, 0.4) is 0 Å². The molecule has 0 aliphatic carbocycles. The van der Waals surface area contributed by atoms with Crippen molar-refractivity contribution in [1.29, 1.82) is 0 Å². The molecule has 0 saturated heterocycles. The summed E-state index contributed by atoms with van der Waals surface area (Å²) in [5, 5.41) is 10.1. The van der Waals surface area contributed by atoms with Crippen LogP contribution in [0.1, 0.15) is 4.88 Å². The number of hydrogen-bond donors (Lipinski definition) is 1. The van der Waals surface area contributed by atoms with Gasteiger partial charge in [0.15, 0.2) is 0 Å². The second kappa shape index (κ2) is 3.16. The average molecular weight is 138 g/mol. The van der Waals surface area contributed by atoms with Gasteiger partial charge in [0, 0.05) is 11.3 Å². The first kappa shape index (κ1) is 6.18. The third-order valence-corrected chi connectivity index (χ3v) is 1.80. The summed E-state index contributed by atoms with van der Waals surface area (Å²) in [6.45, 7) is 0. The third kappa shape index (κ3) is 1.79. The molecule has 1 rings (SSSR count). The zero-order valence-electron chi connectivity index (χ0n) is 4.79. The highest BCUT2D eigenvalue weighted by atomic mass is 32.1. The van der Waals surface area contributed by atoms with Crippen molar-refractivity contribution in [1.82, 2.24) is 0 Å².